The van der Waals surface area contributed by atoms with Gasteiger partial charge in [-0.2, -0.15) is 0 Å². The minimum atomic E-state index is -0.240. The van der Waals surface area contributed by atoms with E-state index in [1.807, 2.05) is 6.07 Å². The molecule has 1 unspecified atom stereocenters. The monoisotopic (exact) mass is 238 g/mol. The number of hydrogen-bond donors (Lipinski definition) is 2. The summed E-state index contributed by atoms with van der Waals surface area (Å²) in [5, 5.41) is 5.92. The quantitative estimate of drug-likeness (QED) is 0.540. The van der Waals surface area contributed by atoms with E-state index < -0.39 is 0 Å². The summed E-state index contributed by atoms with van der Waals surface area (Å²) in [7, 11) is 0. The minimum absolute atomic E-state index is 0.240. The van der Waals surface area contributed by atoms with Crippen molar-refractivity contribution in [2.75, 3.05) is 11.9 Å². The number of hydrogen-bond acceptors (Lipinski definition) is 2. The van der Waals surface area contributed by atoms with Crippen LogP contribution in [-0.4, -0.2) is 19.0 Å². The SMILES string of the molecule is CCCC(CCNC=O)Nc1cccc(F)c1. The second kappa shape index (κ2) is 7.65. The fourth-order valence-electron chi connectivity index (χ4n) is 1.77. The van der Waals surface area contributed by atoms with Crippen molar-refractivity contribution in [3.05, 3.63) is 30.1 Å². The van der Waals surface area contributed by atoms with Crippen LogP contribution < -0.4 is 10.6 Å². The van der Waals surface area contributed by atoms with Gasteiger partial charge < -0.3 is 10.6 Å². The van der Waals surface area contributed by atoms with E-state index in [-0.39, 0.29) is 11.9 Å². The van der Waals surface area contributed by atoms with E-state index in [1.54, 1.807) is 6.07 Å². The molecule has 1 amide bonds. The molecule has 0 bridgehead atoms. The summed E-state index contributed by atoms with van der Waals surface area (Å²) in [6.07, 6.45) is 3.58. The van der Waals surface area contributed by atoms with Gasteiger partial charge in [0, 0.05) is 18.3 Å². The van der Waals surface area contributed by atoms with Gasteiger partial charge in [0.25, 0.3) is 0 Å². The van der Waals surface area contributed by atoms with E-state index in [9.17, 15) is 9.18 Å². The van der Waals surface area contributed by atoms with Gasteiger partial charge in [-0.25, -0.2) is 4.39 Å². The Kier molecular flexibility index (Phi) is 6.07. The fourth-order valence-corrected chi connectivity index (χ4v) is 1.77. The van der Waals surface area contributed by atoms with Gasteiger partial charge in [0.1, 0.15) is 5.82 Å². The first-order valence-corrected chi connectivity index (χ1v) is 5.95. The van der Waals surface area contributed by atoms with E-state index in [4.69, 9.17) is 0 Å². The molecular weight excluding hydrogens is 219 g/mol. The number of carbonyl (C=O) groups excluding carboxylic acids is 1. The molecule has 0 aromatic heterocycles. The molecule has 0 heterocycles. The Bertz CT molecular complexity index is 344. The Labute approximate surface area is 101 Å². The predicted molar refractivity (Wildman–Crippen MR) is 67.4 cm³/mol. The first-order chi connectivity index (χ1) is 8.26. The highest BCUT2D eigenvalue weighted by atomic mass is 19.1. The number of nitrogens with one attached hydrogen (secondary N) is 2. The number of amides is 1. The van der Waals surface area contributed by atoms with Crippen molar-refractivity contribution in [3.8, 4) is 0 Å². The van der Waals surface area contributed by atoms with Gasteiger partial charge in [0.15, 0.2) is 0 Å². The van der Waals surface area contributed by atoms with Crippen molar-refractivity contribution in [1.29, 1.82) is 0 Å². The molecule has 1 aromatic carbocycles. The average Bonchev–Trinajstić information content (AvgIpc) is 2.29. The number of anilines is 1. The lowest BCUT2D eigenvalue weighted by Crippen LogP contribution is -2.25. The van der Waals surface area contributed by atoms with Crippen LogP contribution >= 0.6 is 0 Å². The average molecular weight is 238 g/mol. The molecule has 2 N–H and O–H groups in total. The maximum Gasteiger partial charge on any atom is 0.207 e. The summed E-state index contributed by atoms with van der Waals surface area (Å²) in [5.74, 6) is -0.240. The third kappa shape index (κ3) is 5.33. The first-order valence-electron chi connectivity index (χ1n) is 5.95. The van der Waals surface area contributed by atoms with Crippen molar-refractivity contribution >= 4 is 12.1 Å². The molecule has 0 aliphatic rings. The Hall–Kier alpha value is -1.58. The molecule has 0 spiro atoms. The summed E-state index contributed by atoms with van der Waals surface area (Å²) in [4.78, 5) is 10.2. The molecule has 0 aliphatic heterocycles. The molecule has 0 aliphatic carbocycles. The highest BCUT2D eigenvalue weighted by Gasteiger charge is 2.07. The second-order valence-corrected chi connectivity index (χ2v) is 4.00. The molecule has 0 radical (unpaired) electrons. The number of halogens is 1. The van der Waals surface area contributed by atoms with Gasteiger partial charge in [-0.3, -0.25) is 4.79 Å². The second-order valence-electron chi connectivity index (χ2n) is 4.00. The van der Waals surface area contributed by atoms with Gasteiger partial charge in [-0.15, -0.1) is 0 Å². The first kappa shape index (κ1) is 13.5. The molecule has 0 fully saturated rings. The van der Waals surface area contributed by atoms with Gasteiger partial charge >= 0.3 is 0 Å². The topological polar surface area (TPSA) is 41.1 Å². The summed E-state index contributed by atoms with van der Waals surface area (Å²) in [5.41, 5.74) is 0.787. The zero-order chi connectivity index (χ0) is 12.5. The van der Waals surface area contributed by atoms with Crippen LogP contribution in [0.15, 0.2) is 24.3 Å². The molecule has 17 heavy (non-hydrogen) atoms. The lowest BCUT2D eigenvalue weighted by atomic mass is 10.1. The van der Waals surface area contributed by atoms with E-state index >= 15 is 0 Å². The molecule has 0 saturated carbocycles. The molecule has 94 valence electrons. The van der Waals surface area contributed by atoms with Crippen LogP contribution in [0.5, 0.6) is 0 Å². The van der Waals surface area contributed by atoms with Crippen LogP contribution in [-0.2, 0) is 4.79 Å². The maximum absolute atomic E-state index is 13.0. The Balaban J connectivity index is 2.50. The zero-order valence-electron chi connectivity index (χ0n) is 10.1. The van der Waals surface area contributed by atoms with E-state index in [0.717, 1.165) is 24.9 Å². The van der Waals surface area contributed by atoms with Gasteiger partial charge in [-0.1, -0.05) is 19.4 Å². The van der Waals surface area contributed by atoms with Gasteiger partial charge in [0.05, 0.1) is 0 Å². The normalized spacial score (nSPS) is 11.9. The predicted octanol–water partition coefficient (Wildman–Crippen LogP) is 2.54. The largest absolute Gasteiger partial charge is 0.382 e. The standard InChI is InChI=1S/C13H19FN2O/c1-2-4-12(7-8-15-10-17)16-13-6-3-5-11(14)9-13/h3,5-6,9-10,12,16H,2,4,7-8H2,1H3,(H,15,17). The Morgan fingerprint density at radius 1 is 1.41 bits per heavy atom. The van der Waals surface area contributed by atoms with Crippen molar-refractivity contribution < 1.29 is 9.18 Å². The minimum Gasteiger partial charge on any atom is -0.382 e. The third-order valence-electron chi connectivity index (χ3n) is 2.55. The van der Waals surface area contributed by atoms with Crippen LogP contribution in [0.2, 0.25) is 0 Å². The zero-order valence-corrected chi connectivity index (χ0v) is 10.1. The van der Waals surface area contributed by atoms with Crippen molar-refractivity contribution in [1.82, 2.24) is 5.32 Å². The third-order valence-corrected chi connectivity index (χ3v) is 2.55. The molecule has 3 nitrogen and oxygen atoms in total. The molecule has 1 atom stereocenters. The van der Waals surface area contributed by atoms with E-state index in [1.165, 1.54) is 12.1 Å². The summed E-state index contributed by atoms with van der Waals surface area (Å²) >= 11 is 0. The van der Waals surface area contributed by atoms with Crippen molar-refractivity contribution in [2.45, 2.75) is 32.2 Å². The van der Waals surface area contributed by atoms with Crippen LogP contribution in [0.3, 0.4) is 0 Å². The Morgan fingerprint density at radius 3 is 2.88 bits per heavy atom. The van der Waals surface area contributed by atoms with Crippen LogP contribution in [0.4, 0.5) is 10.1 Å². The number of benzene rings is 1. The van der Waals surface area contributed by atoms with Crippen molar-refractivity contribution in [2.24, 2.45) is 0 Å². The summed E-state index contributed by atoms with van der Waals surface area (Å²) < 4.78 is 13.0. The van der Waals surface area contributed by atoms with Gasteiger partial charge in [0.2, 0.25) is 6.41 Å². The van der Waals surface area contributed by atoms with E-state index in [0.29, 0.717) is 13.0 Å². The molecule has 1 aromatic rings. The molecule has 1 rings (SSSR count). The molecule has 0 saturated heterocycles. The van der Waals surface area contributed by atoms with Crippen LogP contribution in [0, 0.1) is 5.82 Å². The highest BCUT2D eigenvalue weighted by Crippen LogP contribution is 2.14. The smallest absolute Gasteiger partial charge is 0.207 e. The Morgan fingerprint density at radius 2 is 2.24 bits per heavy atom. The number of carbonyl (C=O) groups is 1. The summed E-state index contributed by atoms with van der Waals surface area (Å²) in [6, 6.07) is 6.70. The maximum atomic E-state index is 13.0. The molecule has 4 heteroatoms. The molecular formula is C13H19FN2O. The highest BCUT2D eigenvalue weighted by molar-refractivity contribution is 5.46. The van der Waals surface area contributed by atoms with Gasteiger partial charge in [-0.05, 0) is 31.0 Å². The lowest BCUT2D eigenvalue weighted by molar-refractivity contribution is -0.109. The fraction of sp³-hybridized carbons (Fsp3) is 0.462. The van der Waals surface area contributed by atoms with Crippen LogP contribution in [0.25, 0.3) is 0 Å². The summed E-state index contributed by atoms with van der Waals surface area (Å²) in [6.45, 7) is 2.74. The number of rotatable bonds is 8. The lowest BCUT2D eigenvalue weighted by Gasteiger charge is -2.19. The van der Waals surface area contributed by atoms with Crippen molar-refractivity contribution in [3.63, 3.8) is 0 Å². The van der Waals surface area contributed by atoms with E-state index in [2.05, 4.69) is 17.6 Å². The van der Waals surface area contributed by atoms with Crippen LogP contribution in [0.1, 0.15) is 26.2 Å².